The molecule has 0 aliphatic heterocycles. The Bertz CT molecular complexity index is 661. The Kier molecular flexibility index (Phi) is 6.17. The van der Waals surface area contributed by atoms with Crippen molar-refractivity contribution in [3.8, 4) is 0 Å². The molecule has 0 aromatic heterocycles. The van der Waals surface area contributed by atoms with Gasteiger partial charge in [0.2, 0.25) is 11.8 Å². The molecule has 25 heavy (non-hydrogen) atoms. The van der Waals surface area contributed by atoms with Gasteiger partial charge in [-0.1, -0.05) is 31.7 Å². The average Bonchev–Trinajstić information content (AvgIpc) is 2.77. The van der Waals surface area contributed by atoms with E-state index >= 15 is 0 Å². The first-order chi connectivity index (χ1) is 11.8. The Morgan fingerprint density at radius 2 is 1.60 bits per heavy atom. The number of benzene rings is 1. The molecule has 0 spiro atoms. The molecule has 2 amide bonds. The van der Waals surface area contributed by atoms with Gasteiger partial charge in [-0.25, -0.2) is 0 Å². The fourth-order valence-corrected chi connectivity index (χ4v) is 3.47. The smallest absolute Gasteiger partial charge is 0.310 e. The second-order valence-corrected chi connectivity index (χ2v) is 6.88. The van der Waals surface area contributed by atoms with Crippen molar-refractivity contribution in [1.82, 2.24) is 0 Å². The maximum absolute atomic E-state index is 12.5. The summed E-state index contributed by atoms with van der Waals surface area (Å²) in [5.74, 6) is -1.37. The topological polar surface area (TPSA) is 95.5 Å². The number of nitrogens with one attached hydrogen (secondary N) is 2. The lowest BCUT2D eigenvalue weighted by Gasteiger charge is -2.27. The van der Waals surface area contributed by atoms with Crippen LogP contribution in [0.1, 0.15) is 57.4 Å². The molecule has 0 radical (unpaired) electrons. The molecule has 6 heteroatoms. The van der Waals surface area contributed by atoms with E-state index in [9.17, 15) is 19.5 Å². The van der Waals surface area contributed by atoms with E-state index in [1.807, 2.05) is 0 Å². The molecular formula is C19H26N2O4. The second-order valence-electron chi connectivity index (χ2n) is 6.88. The van der Waals surface area contributed by atoms with Gasteiger partial charge < -0.3 is 15.7 Å². The van der Waals surface area contributed by atoms with Gasteiger partial charge in [-0.3, -0.25) is 14.4 Å². The lowest BCUT2D eigenvalue weighted by atomic mass is 9.77. The number of carbonyl (C=O) groups excluding carboxylic acids is 2. The fourth-order valence-electron chi connectivity index (χ4n) is 3.47. The summed E-state index contributed by atoms with van der Waals surface area (Å²) >= 11 is 0. The number of hydrogen-bond acceptors (Lipinski definition) is 3. The van der Waals surface area contributed by atoms with Crippen LogP contribution in [-0.4, -0.2) is 22.9 Å². The minimum Gasteiger partial charge on any atom is -0.481 e. The van der Waals surface area contributed by atoms with Gasteiger partial charge in [-0.2, -0.15) is 0 Å². The largest absolute Gasteiger partial charge is 0.481 e. The zero-order valence-electron chi connectivity index (χ0n) is 14.9. The Morgan fingerprint density at radius 3 is 2.12 bits per heavy atom. The van der Waals surface area contributed by atoms with E-state index in [4.69, 9.17) is 0 Å². The lowest BCUT2D eigenvalue weighted by Crippen LogP contribution is -2.35. The van der Waals surface area contributed by atoms with Crippen molar-refractivity contribution >= 4 is 29.2 Å². The fraction of sp³-hybridized carbons (Fsp3) is 0.526. The Labute approximate surface area is 148 Å². The molecule has 1 fully saturated rings. The highest BCUT2D eigenvalue weighted by Gasteiger charge is 2.40. The van der Waals surface area contributed by atoms with Crippen LogP contribution in [0, 0.1) is 12.3 Å². The third-order valence-electron chi connectivity index (χ3n) is 4.93. The molecule has 1 aromatic rings. The molecule has 1 aliphatic carbocycles. The highest BCUT2D eigenvalue weighted by Crippen LogP contribution is 2.39. The number of anilines is 2. The van der Waals surface area contributed by atoms with Crippen LogP contribution in [0.5, 0.6) is 0 Å². The maximum Gasteiger partial charge on any atom is 0.310 e. The van der Waals surface area contributed by atoms with Crippen molar-refractivity contribution in [1.29, 1.82) is 0 Å². The number of carbonyl (C=O) groups is 3. The molecule has 0 atom stereocenters. The summed E-state index contributed by atoms with van der Waals surface area (Å²) in [7, 11) is 0. The Morgan fingerprint density at radius 1 is 1.04 bits per heavy atom. The summed E-state index contributed by atoms with van der Waals surface area (Å²) in [5.41, 5.74) is 0.999. The van der Waals surface area contributed by atoms with Gasteiger partial charge in [0.1, 0.15) is 0 Å². The third kappa shape index (κ3) is 4.81. The van der Waals surface area contributed by atoms with Crippen molar-refractivity contribution in [2.45, 2.75) is 58.8 Å². The van der Waals surface area contributed by atoms with E-state index in [0.29, 0.717) is 24.2 Å². The van der Waals surface area contributed by atoms with Gasteiger partial charge in [0.05, 0.1) is 5.41 Å². The number of hydrogen-bond donors (Lipinski definition) is 3. The molecular weight excluding hydrogens is 320 g/mol. The number of aliphatic carboxylic acids is 1. The molecule has 1 saturated carbocycles. The molecule has 0 bridgehead atoms. The van der Waals surface area contributed by atoms with Crippen LogP contribution in [-0.2, 0) is 14.4 Å². The molecule has 6 nitrogen and oxygen atoms in total. The molecule has 1 aromatic carbocycles. The first kappa shape index (κ1) is 19.0. The van der Waals surface area contributed by atoms with E-state index in [1.54, 1.807) is 25.1 Å². The quantitative estimate of drug-likeness (QED) is 0.708. The van der Waals surface area contributed by atoms with E-state index < -0.39 is 11.4 Å². The molecule has 3 N–H and O–H groups in total. The van der Waals surface area contributed by atoms with Crippen molar-refractivity contribution in [3.63, 3.8) is 0 Å². The van der Waals surface area contributed by atoms with E-state index in [2.05, 4.69) is 10.6 Å². The average molecular weight is 346 g/mol. The van der Waals surface area contributed by atoms with Gasteiger partial charge in [0, 0.05) is 24.7 Å². The van der Waals surface area contributed by atoms with Gasteiger partial charge in [0.15, 0.2) is 0 Å². The van der Waals surface area contributed by atoms with Gasteiger partial charge in [-0.15, -0.1) is 0 Å². The number of rotatable bonds is 5. The summed E-state index contributed by atoms with van der Waals surface area (Å²) in [4.78, 5) is 35.6. The van der Waals surface area contributed by atoms with Crippen molar-refractivity contribution < 1.29 is 19.5 Å². The summed E-state index contributed by atoms with van der Waals surface area (Å²) in [6.07, 6.45) is 4.80. The van der Waals surface area contributed by atoms with E-state index in [0.717, 1.165) is 31.2 Å². The van der Waals surface area contributed by atoms with Crippen LogP contribution in [0.15, 0.2) is 18.2 Å². The van der Waals surface area contributed by atoms with Crippen LogP contribution < -0.4 is 10.6 Å². The maximum atomic E-state index is 12.5. The van der Waals surface area contributed by atoms with Crippen LogP contribution >= 0.6 is 0 Å². The number of carboxylic acid groups (broad SMARTS) is 1. The normalized spacial score (nSPS) is 16.6. The monoisotopic (exact) mass is 346 g/mol. The summed E-state index contributed by atoms with van der Waals surface area (Å²) in [6, 6.07) is 5.25. The second kappa shape index (κ2) is 8.14. The zero-order valence-corrected chi connectivity index (χ0v) is 14.9. The van der Waals surface area contributed by atoms with Crippen LogP contribution in [0.25, 0.3) is 0 Å². The van der Waals surface area contributed by atoms with E-state index in [1.165, 1.54) is 6.92 Å². The van der Waals surface area contributed by atoms with Gasteiger partial charge in [-0.05, 0) is 37.5 Å². The predicted octanol–water partition coefficient (Wildman–Crippen LogP) is 3.71. The Hall–Kier alpha value is -2.37. The van der Waals surface area contributed by atoms with Crippen molar-refractivity contribution in [2.24, 2.45) is 5.41 Å². The van der Waals surface area contributed by atoms with E-state index in [-0.39, 0.29) is 18.2 Å². The highest BCUT2D eigenvalue weighted by molar-refractivity contribution is 5.97. The van der Waals surface area contributed by atoms with Gasteiger partial charge >= 0.3 is 5.97 Å². The SMILES string of the molecule is CC(=O)Nc1cccc(NC(=O)CC2(C(=O)O)CCCCCC2)c1C. The first-order valence-corrected chi connectivity index (χ1v) is 8.74. The molecule has 2 rings (SSSR count). The summed E-state index contributed by atoms with van der Waals surface area (Å²) in [6.45, 7) is 3.23. The number of amides is 2. The molecule has 0 saturated heterocycles. The molecule has 0 heterocycles. The minimum atomic E-state index is -0.969. The third-order valence-corrected chi connectivity index (χ3v) is 4.93. The van der Waals surface area contributed by atoms with Crippen LogP contribution in [0.3, 0.4) is 0 Å². The molecule has 1 aliphatic rings. The lowest BCUT2D eigenvalue weighted by molar-refractivity contribution is -0.152. The summed E-state index contributed by atoms with van der Waals surface area (Å²) in [5, 5.41) is 15.2. The van der Waals surface area contributed by atoms with Crippen molar-refractivity contribution in [2.75, 3.05) is 10.6 Å². The first-order valence-electron chi connectivity index (χ1n) is 8.74. The minimum absolute atomic E-state index is 0.0217. The van der Waals surface area contributed by atoms with Crippen LogP contribution in [0.4, 0.5) is 11.4 Å². The van der Waals surface area contributed by atoms with Crippen molar-refractivity contribution in [3.05, 3.63) is 23.8 Å². The summed E-state index contributed by atoms with van der Waals surface area (Å²) < 4.78 is 0. The molecule has 0 unspecified atom stereocenters. The van der Waals surface area contributed by atoms with Gasteiger partial charge in [0.25, 0.3) is 0 Å². The predicted molar refractivity (Wildman–Crippen MR) is 96.5 cm³/mol. The van der Waals surface area contributed by atoms with Crippen LogP contribution in [0.2, 0.25) is 0 Å². The standard InChI is InChI=1S/C19H26N2O4/c1-13-15(20-14(2)22)8-7-9-16(13)21-17(23)12-19(18(24)25)10-5-3-4-6-11-19/h7-9H,3-6,10-12H2,1-2H3,(H,20,22)(H,21,23)(H,24,25). The Balaban J connectivity index is 2.13. The number of carboxylic acids is 1. The zero-order chi connectivity index (χ0) is 18.4. The highest BCUT2D eigenvalue weighted by atomic mass is 16.4. The molecule has 136 valence electrons.